The van der Waals surface area contributed by atoms with E-state index in [1.807, 2.05) is 20.8 Å². The number of furan rings is 1. The van der Waals surface area contributed by atoms with E-state index in [0.717, 1.165) is 5.56 Å². The normalized spacial score (nSPS) is 13.5. The van der Waals surface area contributed by atoms with Crippen LogP contribution in [0.1, 0.15) is 45.6 Å². The molecule has 2 amide bonds. The molecular formula is C16H20N2O3S. The zero-order valence-corrected chi connectivity index (χ0v) is 13.9. The van der Waals surface area contributed by atoms with Gasteiger partial charge in [0.25, 0.3) is 5.91 Å². The molecule has 0 radical (unpaired) electrons. The van der Waals surface area contributed by atoms with E-state index in [1.54, 1.807) is 24.3 Å². The number of carbonyl (C=O) groups is 2. The van der Waals surface area contributed by atoms with Gasteiger partial charge < -0.3 is 15.1 Å². The summed E-state index contributed by atoms with van der Waals surface area (Å²) in [5.74, 6) is -0.542. The maximum absolute atomic E-state index is 12.2. The highest BCUT2D eigenvalue weighted by molar-refractivity contribution is 7.12. The zero-order chi connectivity index (χ0) is 16.3. The van der Waals surface area contributed by atoms with Crippen LogP contribution < -0.4 is 10.6 Å². The lowest BCUT2D eigenvalue weighted by atomic mass is 10.1. The Morgan fingerprint density at radius 3 is 2.50 bits per heavy atom. The van der Waals surface area contributed by atoms with Crippen molar-refractivity contribution in [3.8, 4) is 0 Å². The van der Waals surface area contributed by atoms with E-state index in [2.05, 4.69) is 16.7 Å². The van der Waals surface area contributed by atoms with E-state index >= 15 is 0 Å². The SMILES string of the molecule is Cc1cc([C@@H](C)NC(=O)[C@H](C)NC(=O)c2ccoc2)c(C)s1. The molecule has 0 unspecified atom stereocenters. The van der Waals surface area contributed by atoms with Gasteiger partial charge in [-0.25, -0.2) is 0 Å². The van der Waals surface area contributed by atoms with Gasteiger partial charge in [0.2, 0.25) is 5.91 Å². The Hall–Kier alpha value is -2.08. The van der Waals surface area contributed by atoms with Crippen molar-refractivity contribution in [2.45, 2.75) is 39.8 Å². The molecule has 2 aromatic rings. The quantitative estimate of drug-likeness (QED) is 0.890. The Morgan fingerprint density at radius 1 is 1.23 bits per heavy atom. The van der Waals surface area contributed by atoms with Crippen LogP contribution in [0.25, 0.3) is 0 Å². The second-order valence-corrected chi connectivity index (χ2v) is 6.77. The first-order valence-electron chi connectivity index (χ1n) is 7.09. The van der Waals surface area contributed by atoms with Gasteiger partial charge in [-0.1, -0.05) is 0 Å². The second-order valence-electron chi connectivity index (χ2n) is 5.31. The Bertz CT molecular complexity index is 661. The molecule has 0 saturated heterocycles. The van der Waals surface area contributed by atoms with E-state index in [9.17, 15) is 9.59 Å². The average Bonchev–Trinajstić information content (AvgIpc) is 3.08. The predicted octanol–water partition coefficient (Wildman–Crippen LogP) is 2.95. The lowest BCUT2D eigenvalue weighted by Crippen LogP contribution is -2.45. The number of hydrogen-bond donors (Lipinski definition) is 2. The molecule has 2 aromatic heterocycles. The monoisotopic (exact) mass is 320 g/mol. The predicted molar refractivity (Wildman–Crippen MR) is 86.0 cm³/mol. The number of thiophene rings is 1. The van der Waals surface area contributed by atoms with Gasteiger partial charge in [0.05, 0.1) is 17.9 Å². The molecule has 6 heteroatoms. The summed E-state index contributed by atoms with van der Waals surface area (Å²) < 4.78 is 4.86. The third-order valence-corrected chi connectivity index (χ3v) is 4.41. The van der Waals surface area contributed by atoms with Crippen LogP contribution in [0.2, 0.25) is 0 Å². The van der Waals surface area contributed by atoms with Crippen molar-refractivity contribution in [2.24, 2.45) is 0 Å². The van der Waals surface area contributed by atoms with Gasteiger partial charge in [0, 0.05) is 9.75 Å². The topological polar surface area (TPSA) is 71.3 Å². The van der Waals surface area contributed by atoms with Gasteiger partial charge >= 0.3 is 0 Å². The Labute approximate surface area is 133 Å². The largest absolute Gasteiger partial charge is 0.472 e. The van der Waals surface area contributed by atoms with Crippen molar-refractivity contribution in [3.63, 3.8) is 0 Å². The molecule has 0 fully saturated rings. The second kappa shape index (κ2) is 6.79. The van der Waals surface area contributed by atoms with E-state index in [1.165, 1.54) is 22.3 Å². The van der Waals surface area contributed by atoms with Crippen LogP contribution in [-0.2, 0) is 4.79 Å². The van der Waals surface area contributed by atoms with Crippen LogP contribution in [0, 0.1) is 13.8 Å². The average molecular weight is 320 g/mol. The van der Waals surface area contributed by atoms with Crippen molar-refractivity contribution in [1.82, 2.24) is 10.6 Å². The molecule has 22 heavy (non-hydrogen) atoms. The molecule has 0 aliphatic heterocycles. The van der Waals surface area contributed by atoms with Crippen molar-refractivity contribution >= 4 is 23.2 Å². The number of nitrogens with one attached hydrogen (secondary N) is 2. The summed E-state index contributed by atoms with van der Waals surface area (Å²) in [5.41, 5.74) is 1.52. The van der Waals surface area contributed by atoms with Gasteiger partial charge in [0.15, 0.2) is 0 Å². The Morgan fingerprint density at radius 2 is 1.95 bits per heavy atom. The maximum Gasteiger partial charge on any atom is 0.255 e. The highest BCUT2D eigenvalue weighted by Gasteiger charge is 2.20. The molecule has 0 bridgehead atoms. The highest BCUT2D eigenvalue weighted by Crippen LogP contribution is 2.26. The van der Waals surface area contributed by atoms with Crippen molar-refractivity contribution in [3.05, 3.63) is 45.5 Å². The molecule has 118 valence electrons. The van der Waals surface area contributed by atoms with Crippen LogP contribution in [0.3, 0.4) is 0 Å². The minimum absolute atomic E-state index is 0.0919. The van der Waals surface area contributed by atoms with E-state index < -0.39 is 6.04 Å². The third kappa shape index (κ3) is 3.76. The fourth-order valence-electron chi connectivity index (χ4n) is 2.24. The van der Waals surface area contributed by atoms with Gasteiger partial charge in [-0.15, -0.1) is 11.3 Å². The maximum atomic E-state index is 12.2. The van der Waals surface area contributed by atoms with Crippen LogP contribution >= 0.6 is 11.3 Å². The first-order chi connectivity index (χ1) is 10.4. The summed E-state index contributed by atoms with van der Waals surface area (Å²) in [6.07, 6.45) is 2.77. The van der Waals surface area contributed by atoms with Crippen molar-refractivity contribution in [1.29, 1.82) is 0 Å². The molecule has 2 heterocycles. The van der Waals surface area contributed by atoms with E-state index in [0.29, 0.717) is 5.56 Å². The zero-order valence-electron chi connectivity index (χ0n) is 13.1. The molecular weight excluding hydrogens is 300 g/mol. The molecule has 5 nitrogen and oxygen atoms in total. The summed E-state index contributed by atoms with van der Waals surface area (Å²) in [4.78, 5) is 26.5. The molecule has 0 aromatic carbocycles. The molecule has 2 N–H and O–H groups in total. The third-order valence-electron chi connectivity index (χ3n) is 3.43. The molecule has 0 aliphatic carbocycles. The Balaban J connectivity index is 1.93. The molecule has 2 rings (SSSR count). The van der Waals surface area contributed by atoms with Crippen LogP contribution in [0.5, 0.6) is 0 Å². The number of rotatable bonds is 5. The Kier molecular flexibility index (Phi) is 5.03. The number of amides is 2. The molecule has 0 saturated carbocycles. The van der Waals surface area contributed by atoms with E-state index in [-0.39, 0.29) is 17.9 Å². The molecule has 0 aliphatic rings. The van der Waals surface area contributed by atoms with E-state index in [4.69, 9.17) is 4.42 Å². The lowest BCUT2D eigenvalue weighted by Gasteiger charge is -2.18. The molecule has 2 atom stereocenters. The first kappa shape index (κ1) is 16.3. The number of carbonyl (C=O) groups excluding carboxylic acids is 2. The smallest absolute Gasteiger partial charge is 0.255 e. The fraction of sp³-hybridized carbons (Fsp3) is 0.375. The highest BCUT2D eigenvalue weighted by atomic mass is 32.1. The van der Waals surface area contributed by atoms with Gasteiger partial charge in [0.1, 0.15) is 12.3 Å². The van der Waals surface area contributed by atoms with Crippen molar-refractivity contribution < 1.29 is 14.0 Å². The van der Waals surface area contributed by atoms with Crippen LogP contribution in [-0.4, -0.2) is 17.9 Å². The first-order valence-corrected chi connectivity index (χ1v) is 7.90. The number of aryl methyl sites for hydroxylation is 2. The van der Waals surface area contributed by atoms with Crippen molar-refractivity contribution in [2.75, 3.05) is 0 Å². The minimum atomic E-state index is -0.620. The lowest BCUT2D eigenvalue weighted by molar-refractivity contribution is -0.123. The number of hydrogen-bond acceptors (Lipinski definition) is 4. The van der Waals surface area contributed by atoms with Gasteiger partial charge in [-0.2, -0.15) is 0 Å². The summed E-state index contributed by atoms with van der Waals surface area (Å²) in [5, 5.41) is 5.58. The van der Waals surface area contributed by atoms with Crippen LogP contribution in [0.4, 0.5) is 0 Å². The standard InChI is InChI=1S/C16H20N2O3S/c1-9-7-14(12(4)22-9)10(2)17-15(19)11(3)18-16(20)13-5-6-21-8-13/h5-8,10-11H,1-4H3,(H,17,19)(H,18,20)/t10-,11+/m1/s1. The van der Waals surface area contributed by atoms with Crippen LogP contribution in [0.15, 0.2) is 29.1 Å². The summed E-state index contributed by atoms with van der Waals surface area (Å²) in [6, 6.07) is 2.93. The van der Waals surface area contributed by atoms with Gasteiger partial charge in [-0.3, -0.25) is 9.59 Å². The summed E-state index contributed by atoms with van der Waals surface area (Å²) in [6.45, 7) is 7.69. The minimum Gasteiger partial charge on any atom is -0.472 e. The summed E-state index contributed by atoms with van der Waals surface area (Å²) in [7, 11) is 0. The fourth-order valence-corrected chi connectivity index (χ4v) is 3.26. The summed E-state index contributed by atoms with van der Waals surface area (Å²) >= 11 is 1.71. The van der Waals surface area contributed by atoms with Gasteiger partial charge in [-0.05, 0) is 45.4 Å². The molecule has 0 spiro atoms.